The van der Waals surface area contributed by atoms with Gasteiger partial charge in [-0.25, -0.2) is 4.98 Å². The summed E-state index contributed by atoms with van der Waals surface area (Å²) in [6.07, 6.45) is 3.67. The van der Waals surface area contributed by atoms with Crippen molar-refractivity contribution in [1.82, 2.24) is 4.98 Å². The number of pyridine rings is 1. The lowest BCUT2D eigenvalue weighted by atomic mass is 10.1. The number of fused-ring (bicyclic) bond motifs is 1. The summed E-state index contributed by atoms with van der Waals surface area (Å²) in [7, 11) is 0. The number of amides is 1. The van der Waals surface area contributed by atoms with Gasteiger partial charge in [0, 0.05) is 17.2 Å². The average molecular weight is 268 g/mol. The second-order valence-corrected chi connectivity index (χ2v) is 5.05. The van der Waals surface area contributed by atoms with Gasteiger partial charge in [-0.05, 0) is 34.8 Å². The summed E-state index contributed by atoms with van der Waals surface area (Å²) in [5.41, 5.74) is 0.589. The van der Waals surface area contributed by atoms with Crippen LogP contribution in [0.2, 0.25) is 0 Å². The fourth-order valence-electron chi connectivity index (χ4n) is 1.82. The molecule has 0 aromatic carbocycles. The van der Waals surface area contributed by atoms with Gasteiger partial charge >= 0.3 is 0 Å². The van der Waals surface area contributed by atoms with E-state index in [1.807, 2.05) is 6.07 Å². The van der Waals surface area contributed by atoms with Gasteiger partial charge in [0.1, 0.15) is 5.82 Å². The van der Waals surface area contributed by atoms with E-state index in [2.05, 4.69) is 31.5 Å². The first-order chi connectivity index (χ1) is 7.20. The maximum absolute atomic E-state index is 11.9. The second-order valence-electron chi connectivity index (χ2n) is 4.14. The van der Waals surface area contributed by atoms with Crippen LogP contribution in [0.15, 0.2) is 16.7 Å². The maximum Gasteiger partial charge on any atom is 0.232 e. The smallest absolute Gasteiger partial charge is 0.232 e. The monoisotopic (exact) mass is 267 g/mol. The molecule has 78 valence electrons. The fraction of sp³-hybridized carbons (Fsp3) is 0.400. The number of carbonyl (C=O) groups is 1. The van der Waals surface area contributed by atoms with Crippen LogP contribution in [0.3, 0.4) is 0 Å². The van der Waals surface area contributed by atoms with Crippen molar-refractivity contribution in [2.75, 3.05) is 17.2 Å². The highest BCUT2D eigenvalue weighted by Crippen LogP contribution is 2.48. The number of anilines is 2. The molecule has 1 aromatic heterocycles. The molecule has 15 heavy (non-hydrogen) atoms. The van der Waals surface area contributed by atoms with Crippen LogP contribution < -0.4 is 10.6 Å². The first kappa shape index (κ1) is 9.15. The topological polar surface area (TPSA) is 54.0 Å². The molecule has 1 spiro atoms. The number of hydrogen-bond donors (Lipinski definition) is 2. The molecule has 1 aliphatic heterocycles. The van der Waals surface area contributed by atoms with Crippen molar-refractivity contribution >= 4 is 33.3 Å². The molecule has 2 aliphatic rings. The van der Waals surface area contributed by atoms with Crippen LogP contribution in [0.25, 0.3) is 0 Å². The predicted octanol–water partition coefficient (Wildman–Crippen LogP) is 1.99. The van der Waals surface area contributed by atoms with Gasteiger partial charge in [0.25, 0.3) is 0 Å². The van der Waals surface area contributed by atoms with Crippen LogP contribution in [0, 0.1) is 5.41 Å². The van der Waals surface area contributed by atoms with Gasteiger partial charge in [-0.1, -0.05) is 0 Å². The Labute approximate surface area is 95.6 Å². The molecule has 0 unspecified atom stereocenters. The lowest BCUT2D eigenvalue weighted by Crippen LogP contribution is -2.27. The van der Waals surface area contributed by atoms with Crippen molar-refractivity contribution in [3.8, 4) is 0 Å². The zero-order valence-corrected chi connectivity index (χ0v) is 9.60. The maximum atomic E-state index is 11.9. The van der Waals surface area contributed by atoms with Gasteiger partial charge in [-0.15, -0.1) is 0 Å². The van der Waals surface area contributed by atoms with Crippen LogP contribution in [0.4, 0.5) is 11.5 Å². The largest absolute Gasteiger partial charge is 0.367 e. The van der Waals surface area contributed by atoms with E-state index in [0.717, 1.165) is 28.8 Å². The highest BCUT2D eigenvalue weighted by molar-refractivity contribution is 9.10. The van der Waals surface area contributed by atoms with Crippen LogP contribution in [0.1, 0.15) is 12.8 Å². The molecule has 0 saturated heterocycles. The molecule has 0 bridgehead atoms. The zero-order valence-electron chi connectivity index (χ0n) is 8.01. The molecule has 5 heteroatoms. The van der Waals surface area contributed by atoms with E-state index >= 15 is 0 Å². The van der Waals surface area contributed by atoms with E-state index in [1.54, 1.807) is 6.20 Å². The van der Waals surface area contributed by atoms with Gasteiger partial charge in [0.05, 0.1) is 11.1 Å². The lowest BCUT2D eigenvalue weighted by molar-refractivity contribution is -0.120. The molecular weight excluding hydrogens is 258 g/mol. The third-order valence-corrected chi connectivity index (χ3v) is 3.47. The normalized spacial score (nSPS) is 21.3. The number of nitrogens with one attached hydrogen (secondary N) is 2. The Morgan fingerprint density at radius 2 is 2.27 bits per heavy atom. The van der Waals surface area contributed by atoms with Gasteiger partial charge in [0.15, 0.2) is 0 Å². The molecule has 1 fully saturated rings. The van der Waals surface area contributed by atoms with Crippen LogP contribution in [0.5, 0.6) is 0 Å². The molecule has 4 nitrogen and oxygen atoms in total. The van der Waals surface area contributed by atoms with E-state index in [4.69, 9.17) is 0 Å². The van der Waals surface area contributed by atoms with Crippen molar-refractivity contribution < 1.29 is 4.79 Å². The zero-order chi connectivity index (χ0) is 10.5. The van der Waals surface area contributed by atoms with E-state index in [9.17, 15) is 4.79 Å². The Balaban J connectivity index is 2.00. The summed E-state index contributed by atoms with van der Waals surface area (Å²) >= 11 is 3.34. The minimum absolute atomic E-state index is 0.119. The standard InChI is InChI=1S/C10H10BrN3O/c11-6-3-7-8(12-4-6)13-5-10(1-2-10)9(15)14-7/h3-4H,1-2,5H2,(H,12,13)(H,14,15). The number of nitrogens with zero attached hydrogens (tertiary/aromatic N) is 1. The molecule has 0 atom stereocenters. The van der Waals surface area contributed by atoms with Crippen LogP contribution >= 0.6 is 15.9 Å². The molecule has 1 saturated carbocycles. The Hall–Kier alpha value is -1.10. The SMILES string of the molecule is O=C1Nc2cc(Br)cnc2NCC12CC2. The van der Waals surface area contributed by atoms with Crippen molar-refractivity contribution in [1.29, 1.82) is 0 Å². The number of hydrogen-bond acceptors (Lipinski definition) is 3. The number of rotatable bonds is 0. The van der Waals surface area contributed by atoms with Gasteiger partial charge in [-0.3, -0.25) is 4.79 Å². The molecular formula is C10H10BrN3O. The van der Waals surface area contributed by atoms with Crippen LogP contribution in [-0.4, -0.2) is 17.4 Å². The number of aromatic nitrogens is 1. The molecule has 3 rings (SSSR count). The lowest BCUT2D eigenvalue weighted by Gasteiger charge is -2.08. The average Bonchev–Trinajstić information content (AvgIpc) is 2.98. The van der Waals surface area contributed by atoms with Crippen molar-refractivity contribution in [2.45, 2.75) is 12.8 Å². The number of halogens is 1. The first-order valence-corrected chi connectivity index (χ1v) is 5.70. The van der Waals surface area contributed by atoms with E-state index < -0.39 is 0 Å². The quantitative estimate of drug-likeness (QED) is 0.756. The van der Waals surface area contributed by atoms with E-state index in [-0.39, 0.29) is 11.3 Å². The summed E-state index contributed by atoms with van der Waals surface area (Å²) in [6.45, 7) is 0.695. The van der Waals surface area contributed by atoms with Crippen molar-refractivity contribution in [2.24, 2.45) is 5.41 Å². The van der Waals surface area contributed by atoms with E-state index in [1.165, 1.54) is 0 Å². The third-order valence-electron chi connectivity index (χ3n) is 3.03. The summed E-state index contributed by atoms with van der Waals surface area (Å²) in [6, 6.07) is 1.87. The Kier molecular flexibility index (Phi) is 1.80. The Morgan fingerprint density at radius 3 is 3.00 bits per heavy atom. The number of carbonyl (C=O) groups excluding carboxylic acids is 1. The predicted molar refractivity (Wildman–Crippen MR) is 60.7 cm³/mol. The van der Waals surface area contributed by atoms with Gasteiger partial charge in [-0.2, -0.15) is 0 Å². The molecule has 2 N–H and O–H groups in total. The molecule has 0 radical (unpaired) electrons. The summed E-state index contributed by atoms with van der Waals surface area (Å²) < 4.78 is 0.870. The molecule has 1 aliphatic carbocycles. The molecule has 1 amide bonds. The fourth-order valence-corrected chi connectivity index (χ4v) is 2.15. The minimum atomic E-state index is -0.173. The summed E-state index contributed by atoms with van der Waals surface area (Å²) in [4.78, 5) is 16.1. The highest BCUT2D eigenvalue weighted by atomic mass is 79.9. The summed E-state index contributed by atoms with van der Waals surface area (Å²) in [5, 5.41) is 6.14. The van der Waals surface area contributed by atoms with Gasteiger partial charge < -0.3 is 10.6 Å². The van der Waals surface area contributed by atoms with Crippen LogP contribution in [-0.2, 0) is 4.79 Å². The van der Waals surface area contributed by atoms with Crippen molar-refractivity contribution in [3.63, 3.8) is 0 Å². The van der Waals surface area contributed by atoms with E-state index in [0.29, 0.717) is 6.54 Å². The third kappa shape index (κ3) is 1.42. The molecule has 1 aromatic rings. The first-order valence-electron chi connectivity index (χ1n) is 4.91. The minimum Gasteiger partial charge on any atom is -0.367 e. The second kappa shape index (κ2) is 2.95. The highest BCUT2D eigenvalue weighted by Gasteiger charge is 2.50. The Bertz CT molecular complexity index is 442. The molecule has 2 heterocycles. The van der Waals surface area contributed by atoms with Crippen molar-refractivity contribution in [3.05, 3.63) is 16.7 Å². The van der Waals surface area contributed by atoms with Gasteiger partial charge in [0.2, 0.25) is 5.91 Å². The Morgan fingerprint density at radius 1 is 1.47 bits per heavy atom. The summed E-state index contributed by atoms with van der Waals surface area (Å²) in [5.74, 6) is 0.879.